The second-order valence-corrected chi connectivity index (χ2v) is 8.63. The van der Waals surface area contributed by atoms with Gasteiger partial charge in [-0.3, -0.25) is 9.59 Å². The molecule has 0 radical (unpaired) electrons. The first kappa shape index (κ1) is 21.9. The molecule has 2 N–H and O–H groups in total. The van der Waals surface area contributed by atoms with Crippen LogP contribution in [0.2, 0.25) is 0 Å². The van der Waals surface area contributed by atoms with Crippen molar-refractivity contribution in [3.63, 3.8) is 0 Å². The van der Waals surface area contributed by atoms with E-state index in [2.05, 4.69) is 17.2 Å². The number of likely N-dealkylation sites (N-methyl/N-ethyl adjacent to an activating group) is 2. The minimum absolute atomic E-state index is 0.0129. The van der Waals surface area contributed by atoms with Gasteiger partial charge in [0.2, 0.25) is 0 Å². The molecule has 0 bridgehead atoms. The van der Waals surface area contributed by atoms with E-state index >= 15 is 0 Å². The fourth-order valence-corrected chi connectivity index (χ4v) is 4.38. The maximum atomic E-state index is 12.8. The van der Waals surface area contributed by atoms with Gasteiger partial charge in [0.1, 0.15) is 5.01 Å². The maximum Gasteiger partial charge on any atom is 0.279 e. The average Bonchev–Trinajstić information content (AvgIpc) is 3.17. The number of benzene rings is 2. The zero-order valence-electron chi connectivity index (χ0n) is 17.9. The number of aromatic nitrogens is 1. The van der Waals surface area contributed by atoms with Crippen LogP contribution in [0.5, 0.6) is 0 Å². The summed E-state index contributed by atoms with van der Waals surface area (Å²) < 4.78 is 1.12. The Morgan fingerprint density at radius 2 is 1.83 bits per heavy atom. The molecule has 2 atom stereocenters. The van der Waals surface area contributed by atoms with Gasteiger partial charge >= 0.3 is 0 Å². The Morgan fingerprint density at radius 1 is 1.13 bits per heavy atom. The molecule has 0 fully saturated rings. The number of hydrogen-bond donors (Lipinski definition) is 2. The minimum Gasteiger partial charge on any atom is -0.332 e. The van der Waals surface area contributed by atoms with Crippen LogP contribution in [-0.4, -0.2) is 48.9 Å². The molecule has 6 nitrogen and oxygen atoms in total. The first-order valence-electron chi connectivity index (χ1n) is 10.2. The van der Waals surface area contributed by atoms with Crippen molar-refractivity contribution in [1.29, 1.82) is 0 Å². The van der Waals surface area contributed by atoms with E-state index in [1.165, 1.54) is 0 Å². The number of carbonyl (C=O) groups is 2. The van der Waals surface area contributed by atoms with Crippen LogP contribution in [0.4, 0.5) is 5.69 Å². The Balaban J connectivity index is 1.55. The van der Waals surface area contributed by atoms with E-state index in [9.17, 15) is 9.59 Å². The molecule has 2 amide bonds. The Morgan fingerprint density at radius 3 is 2.57 bits per heavy atom. The van der Waals surface area contributed by atoms with Gasteiger partial charge in [0.25, 0.3) is 11.8 Å². The van der Waals surface area contributed by atoms with Crippen molar-refractivity contribution in [1.82, 2.24) is 9.88 Å². The molecule has 0 aliphatic heterocycles. The number of aryl methyl sites for hydroxylation is 1. The standard InChI is InChI=1S/C23H28N4O2S/c1-5-17-10-6-7-11-18(17)24-21(28)14-26(3)15-22(29)27(4)16(2)23-25-19-12-8-9-13-20(19)30-23/h6-13,16H,5,14-15H2,1-4H3,(H,24,28)/p+1/t16-/m0/s1. The van der Waals surface area contributed by atoms with Crippen LogP contribution >= 0.6 is 11.3 Å². The number of rotatable bonds is 8. The van der Waals surface area contributed by atoms with Gasteiger partial charge in [-0.05, 0) is 37.1 Å². The third-order valence-corrected chi connectivity index (χ3v) is 6.44. The molecule has 3 aromatic rings. The van der Waals surface area contributed by atoms with Crippen molar-refractivity contribution >= 4 is 39.1 Å². The minimum atomic E-state index is -0.118. The lowest BCUT2D eigenvalue weighted by Gasteiger charge is -2.24. The molecule has 0 saturated carbocycles. The van der Waals surface area contributed by atoms with Crippen LogP contribution in [0.25, 0.3) is 10.2 Å². The Hall–Kier alpha value is -2.77. The predicted octanol–water partition coefficient (Wildman–Crippen LogP) is 2.53. The van der Waals surface area contributed by atoms with Crippen LogP contribution in [0.3, 0.4) is 0 Å². The summed E-state index contributed by atoms with van der Waals surface area (Å²) in [5.41, 5.74) is 2.90. The number of nitrogens with zero attached hydrogens (tertiary/aromatic N) is 2. The van der Waals surface area contributed by atoms with E-state index in [0.717, 1.165) is 37.8 Å². The normalized spacial score (nSPS) is 13.1. The Bertz CT molecular complexity index is 1000. The van der Waals surface area contributed by atoms with E-state index in [4.69, 9.17) is 0 Å². The number of carbonyl (C=O) groups excluding carboxylic acids is 2. The summed E-state index contributed by atoms with van der Waals surface area (Å²) in [7, 11) is 3.66. The lowest BCUT2D eigenvalue weighted by Crippen LogP contribution is -3.11. The summed E-state index contributed by atoms with van der Waals surface area (Å²) in [5.74, 6) is -0.107. The molecule has 1 unspecified atom stereocenters. The molecule has 1 aromatic heterocycles. The third kappa shape index (κ3) is 5.23. The van der Waals surface area contributed by atoms with E-state index < -0.39 is 0 Å². The van der Waals surface area contributed by atoms with Crippen LogP contribution in [0.1, 0.15) is 30.5 Å². The number of amides is 2. The van der Waals surface area contributed by atoms with Crippen LogP contribution in [-0.2, 0) is 16.0 Å². The second kappa shape index (κ2) is 9.82. The quantitative estimate of drug-likeness (QED) is 0.583. The van der Waals surface area contributed by atoms with Crippen molar-refractivity contribution in [3.8, 4) is 0 Å². The smallest absolute Gasteiger partial charge is 0.279 e. The number of anilines is 1. The van der Waals surface area contributed by atoms with Gasteiger partial charge in [-0.15, -0.1) is 11.3 Å². The third-order valence-electron chi connectivity index (χ3n) is 5.23. The van der Waals surface area contributed by atoms with E-state index in [1.807, 2.05) is 62.5 Å². The lowest BCUT2D eigenvalue weighted by molar-refractivity contribution is -0.862. The number of thiazole rings is 1. The van der Waals surface area contributed by atoms with Gasteiger partial charge < -0.3 is 15.1 Å². The first-order valence-corrected chi connectivity index (χ1v) is 11.0. The number of nitrogens with one attached hydrogen (secondary N) is 2. The summed E-state index contributed by atoms with van der Waals surface area (Å²) in [5, 5.41) is 3.88. The van der Waals surface area contributed by atoms with Crippen molar-refractivity contribution < 1.29 is 14.5 Å². The average molecular weight is 426 g/mol. The van der Waals surface area contributed by atoms with Crippen LogP contribution in [0, 0.1) is 0 Å². The number of hydrogen-bond acceptors (Lipinski definition) is 4. The maximum absolute atomic E-state index is 12.8. The number of fused-ring (bicyclic) bond motifs is 1. The van der Waals surface area contributed by atoms with E-state index in [1.54, 1.807) is 23.3 Å². The SMILES string of the molecule is CCc1ccccc1NC(=O)C[NH+](C)CC(=O)N(C)[C@@H](C)c1nc2ccccc2s1. The predicted molar refractivity (Wildman–Crippen MR) is 122 cm³/mol. The van der Waals surface area contributed by atoms with Gasteiger partial charge in [0, 0.05) is 12.7 Å². The summed E-state index contributed by atoms with van der Waals surface area (Å²) >= 11 is 1.61. The highest BCUT2D eigenvalue weighted by molar-refractivity contribution is 7.18. The molecule has 7 heteroatoms. The van der Waals surface area contributed by atoms with Gasteiger partial charge in [0.05, 0.1) is 23.3 Å². The molecule has 0 saturated heterocycles. The number of para-hydroxylation sites is 2. The molecule has 0 aliphatic rings. The van der Waals surface area contributed by atoms with Crippen LogP contribution < -0.4 is 10.2 Å². The second-order valence-electron chi connectivity index (χ2n) is 7.57. The summed E-state index contributed by atoms with van der Waals surface area (Å²) in [6.45, 7) is 4.52. The van der Waals surface area contributed by atoms with E-state index in [0.29, 0.717) is 0 Å². The Labute approximate surface area is 181 Å². The fourth-order valence-electron chi connectivity index (χ4n) is 3.31. The molecule has 1 heterocycles. The van der Waals surface area contributed by atoms with Crippen molar-refractivity contribution in [2.45, 2.75) is 26.3 Å². The van der Waals surface area contributed by atoms with E-state index in [-0.39, 0.29) is 30.9 Å². The van der Waals surface area contributed by atoms with Crippen molar-refractivity contribution in [3.05, 3.63) is 59.1 Å². The highest BCUT2D eigenvalue weighted by Crippen LogP contribution is 2.28. The van der Waals surface area contributed by atoms with Gasteiger partial charge in [-0.2, -0.15) is 0 Å². The van der Waals surface area contributed by atoms with Gasteiger partial charge in [-0.25, -0.2) is 4.98 Å². The largest absolute Gasteiger partial charge is 0.332 e. The molecule has 30 heavy (non-hydrogen) atoms. The number of quaternary nitrogens is 1. The summed E-state index contributed by atoms with van der Waals surface area (Å²) in [4.78, 5) is 32.4. The first-order chi connectivity index (χ1) is 14.4. The van der Waals surface area contributed by atoms with Crippen molar-refractivity contribution in [2.24, 2.45) is 0 Å². The fraction of sp³-hybridized carbons (Fsp3) is 0.348. The highest BCUT2D eigenvalue weighted by Gasteiger charge is 2.24. The molecule has 0 spiro atoms. The summed E-state index contributed by atoms with van der Waals surface area (Å²) in [6, 6.07) is 15.7. The monoisotopic (exact) mass is 425 g/mol. The molecular formula is C23H29N4O2S+. The topological polar surface area (TPSA) is 66.7 Å². The molecule has 158 valence electrons. The Kier molecular flexibility index (Phi) is 7.18. The lowest BCUT2D eigenvalue weighted by atomic mass is 10.1. The zero-order valence-corrected chi connectivity index (χ0v) is 18.8. The van der Waals surface area contributed by atoms with Gasteiger partial charge in [-0.1, -0.05) is 37.3 Å². The van der Waals surface area contributed by atoms with Crippen molar-refractivity contribution in [2.75, 3.05) is 32.5 Å². The molecule has 0 aliphatic carbocycles. The highest BCUT2D eigenvalue weighted by atomic mass is 32.1. The zero-order chi connectivity index (χ0) is 21.7. The molecule has 3 rings (SSSR count). The van der Waals surface area contributed by atoms with Crippen LogP contribution in [0.15, 0.2) is 48.5 Å². The molecular weight excluding hydrogens is 396 g/mol. The van der Waals surface area contributed by atoms with Gasteiger partial charge in [0.15, 0.2) is 13.1 Å². The summed E-state index contributed by atoms with van der Waals surface area (Å²) in [6.07, 6.45) is 0.853. The molecule has 2 aromatic carbocycles.